The molecule has 0 aliphatic rings. The molecule has 0 aromatic heterocycles. The number of benzene rings is 2. The lowest BCUT2D eigenvalue weighted by atomic mass is 10.2. The quantitative estimate of drug-likeness (QED) is 0.460. The molecule has 0 aliphatic carbocycles. The molecule has 0 spiro atoms. The fourth-order valence-corrected chi connectivity index (χ4v) is 1.73. The van der Waals surface area contributed by atoms with Crippen LogP contribution in [0.5, 0.6) is 11.5 Å². The van der Waals surface area contributed by atoms with Gasteiger partial charge in [-0.3, -0.25) is 5.43 Å². The SMILES string of the molecule is COc1ccc(NC(=S)N/N=C\c2ccc(O)cc2)cc1. The summed E-state index contributed by atoms with van der Waals surface area (Å²) in [6.07, 6.45) is 1.61. The van der Waals surface area contributed by atoms with E-state index in [-0.39, 0.29) is 5.75 Å². The Bertz CT molecular complexity index is 624. The van der Waals surface area contributed by atoms with Crippen molar-refractivity contribution in [2.24, 2.45) is 5.10 Å². The van der Waals surface area contributed by atoms with E-state index in [4.69, 9.17) is 17.0 Å². The van der Waals surface area contributed by atoms with E-state index in [2.05, 4.69) is 15.8 Å². The van der Waals surface area contributed by atoms with Crippen molar-refractivity contribution in [1.29, 1.82) is 0 Å². The Balaban J connectivity index is 1.85. The van der Waals surface area contributed by atoms with Crippen molar-refractivity contribution in [2.45, 2.75) is 0 Å². The summed E-state index contributed by atoms with van der Waals surface area (Å²) in [5, 5.41) is 16.6. The van der Waals surface area contributed by atoms with Crippen molar-refractivity contribution >= 4 is 29.2 Å². The first-order valence-electron chi connectivity index (χ1n) is 6.20. The minimum absolute atomic E-state index is 0.219. The Labute approximate surface area is 128 Å². The molecule has 0 aliphatic heterocycles. The van der Waals surface area contributed by atoms with Gasteiger partial charge in [0.2, 0.25) is 0 Å². The van der Waals surface area contributed by atoms with Crippen LogP contribution in [0.25, 0.3) is 0 Å². The summed E-state index contributed by atoms with van der Waals surface area (Å²) in [5.41, 5.74) is 4.41. The smallest absolute Gasteiger partial charge is 0.191 e. The summed E-state index contributed by atoms with van der Waals surface area (Å²) in [5.74, 6) is 1.00. The van der Waals surface area contributed by atoms with Crippen LogP contribution in [-0.2, 0) is 0 Å². The molecule has 21 heavy (non-hydrogen) atoms. The molecule has 2 rings (SSSR count). The number of phenolic OH excluding ortho intramolecular Hbond substituents is 1. The number of nitrogens with one attached hydrogen (secondary N) is 2. The van der Waals surface area contributed by atoms with Crippen LogP contribution in [0, 0.1) is 0 Å². The summed E-state index contributed by atoms with van der Waals surface area (Å²) >= 11 is 5.13. The fourth-order valence-electron chi connectivity index (χ4n) is 1.56. The molecule has 2 aromatic rings. The van der Waals surface area contributed by atoms with Crippen molar-refractivity contribution in [3.05, 3.63) is 54.1 Å². The lowest BCUT2D eigenvalue weighted by Crippen LogP contribution is -2.23. The lowest BCUT2D eigenvalue weighted by Gasteiger charge is -2.07. The highest BCUT2D eigenvalue weighted by Crippen LogP contribution is 2.14. The molecule has 3 N–H and O–H groups in total. The molecule has 0 saturated carbocycles. The van der Waals surface area contributed by atoms with E-state index >= 15 is 0 Å². The normalized spacial score (nSPS) is 10.3. The van der Waals surface area contributed by atoms with Crippen molar-refractivity contribution in [1.82, 2.24) is 5.43 Å². The van der Waals surface area contributed by atoms with Gasteiger partial charge in [-0.05, 0) is 66.3 Å². The fraction of sp³-hybridized carbons (Fsp3) is 0.0667. The molecule has 0 fully saturated rings. The number of aromatic hydroxyl groups is 1. The van der Waals surface area contributed by atoms with Gasteiger partial charge >= 0.3 is 0 Å². The standard InChI is InChI=1S/C15H15N3O2S/c1-20-14-8-4-12(5-9-14)17-15(21)18-16-10-11-2-6-13(19)7-3-11/h2-10,19H,1H3,(H2,17,18,21)/b16-10-. The summed E-state index contributed by atoms with van der Waals surface area (Å²) in [4.78, 5) is 0. The lowest BCUT2D eigenvalue weighted by molar-refractivity contribution is 0.415. The second-order valence-electron chi connectivity index (χ2n) is 4.14. The Kier molecular flexibility index (Phi) is 5.11. The van der Waals surface area contributed by atoms with Crippen LogP contribution in [0.1, 0.15) is 5.56 Å². The van der Waals surface area contributed by atoms with Crippen LogP contribution in [-0.4, -0.2) is 23.5 Å². The highest BCUT2D eigenvalue weighted by atomic mass is 32.1. The molecule has 0 heterocycles. The number of hydrazone groups is 1. The van der Waals surface area contributed by atoms with E-state index < -0.39 is 0 Å². The van der Waals surface area contributed by atoms with Gasteiger partial charge in [0.15, 0.2) is 5.11 Å². The summed E-state index contributed by atoms with van der Waals surface area (Å²) in [6.45, 7) is 0. The van der Waals surface area contributed by atoms with Crippen LogP contribution >= 0.6 is 12.2 Å². The van der Waals surface area contributed by atoms with Gasteiger partial charge in [-0.25, -0.2) is 0 Å². The van der Waals surface area contributed by atoms with Gasteiger partial charge in [0.1, 0.15) is 11.5 Å². The molecular formula is C15H15N3O2S. The maximum Gasteiger partial charge on any atom is 0.191 e. The van der Waals surface area contributed by atoms with Crippen molar-refractivity contribution < 1.29 is 9.84 Å². The predicted octanol–water partition coefficient (Wildman–Crippen LogP) is 2.72. The second-order valence-corrected chi connectivity index (χ2v) is 4.55. The van der Waals surface area contributed by atoms with E-state index in [1.54, 1.807) is 37.6 Å². The van der Waals surface area contributed by atoms with Gasteiger partial charge in [0.25, 0.3) is 0 Å². The molecule has 0 amide bonds. The van der Waals surface area contributed by atoms with Crippen molar-refractivity contribution in [2.75, 3.05) is 12.4 Å². The third-order valence-electron chi connectivity index (χ3n) is 2.62. The summed E-state index contributed by atoms with van der Waals surface area (Å²) in [6, 6.07) is 14.1. The molecule has 0 saturated heterocycles. The van der Waals surface area contributed by atoms with Crippen LogP contribution in [0.4, 0.5) is 5.69 Å². The minimum atomic E-state index is 0.219. The number of phenols is 1. The first-order valence-corrected chi connectivity index (χ1v) is 6.61. The average Bonchev–Trinajstić information content (AvgIpc) is 2.50. The largest absolute Gasteiger partial charge is 0.508 e. The van der Waals surface area contributed by atoms with E-state index in [1.807, 2.05) is 24.3 Å². The first kappa shape index (κ1) is 14.8. The monoisotopic (exact) mass is 301 g/mol. The van der Waals surface area contributed by atoms with E-state index in [0.29, 0.717) is 5.11 Å². The van der Waals surface area contributed by atoms with Gasteiger partial charge < -0.3 is 15.2 Å². The summed E-state index contributed by atoms with van der Waals surface area (Å²) < 4.78 is 5.08. The minimum Gasteiger partial charge on any atom is -0.508 e. The van der Waals surface area contributed by atoms with Crippen molar-refractivity contribution in [3.8, 4) is 11.5 Å². The predicted molar refractivity (Wildman–Crippen MR) is 88.1 cm³/mol. The number of ether oxygens (including phenoxy) is 1. The Morgan fingerprint density at radius 1 is 1.14 bits per heavy atom. The Hall–Kier alpha value is -2.60. The van der Waals surface area contributed by atoms with Gasteiger partial charge in [0, 0.05) is 5.69 Å². The van der Waals surface area contributed by atoms with Gasteiger partial charge in [0.05, 0.1) is 13.3 Å². The van der Waals surface area contributed by atoms with Crippen LogP contribution in [0.2, 0.25) is 0 Å². The Morgan fingerprint density at radius 3 is 2.43 bits per heavy atom. The molecule has 0 atom stereocenters. The maximum absolute atomic E-state index is 9.17. The maximum atomic E-state index is 9.17. The highest BCUT2D eigenvalue weighted by molar-refractivity contribution is 7.80. The third-order valence-corrected chi connectivity index (χ3v) is 2.81. The van der Waals surface area contributed by atoms with Gasteiger partial charge in [-0.15, -0.1) is 0 Å². The van der Waals surface area contributed by atoms with Gasteiger partial charge in [-0.1, -0.05) is 0 Å². The number of hydrogen-bond acceptors (Lipinski definition) is 4. The molecule has 6 heteroatoms. The number of methoxy groups -OCH3 is 1. The number of anilines is 1. The zero-order valence-corrected chi connectivity index (χ0v) is 12.2. The zero-order valence-electron chi connectivity index (χ0n) is 11.4. The summed E-state index contributed by atoms with van der Waals surface area (Å²) in [7, 11) is 1.62. The molecule has 0 bridgehead atoms. The molecule has 0 unspecified atom stereocenters. The van der Waals surface area contributed by atoms with Crippen LogP contribution < -0.4 is 15.5 Å². The van der Waals surface area contributed by atoms with Crippen LogP contribution in [0.15, 0.2) is 53.6 Å². The molecule has 5 nitrogen and oxygen atoms in total. The number of rotatable bonds is 4. The van der Waals surface area contributed by atoms with Gasteiger partial charge in [-0.2, -0.15) is 5.10 Å². The second kappa shape index (κ2) is 7.25. The van der Waals surface area contributed by atoms with E-state index in [0.717, 1.165) is 17.0 Å². The number of nitrogens with zero attached hydrogens (tertiary/aromatic N) is 1. The highest BCUT2D eigenvalue weighted by Gasteiger charge is 1.97. The molecular weight excluding hydrogens is 286 g/mol. The third kappa shape index (κ3) is 4.77. The molecule has 0 radical (unpaired) electrons. The molecule has 108 valence electrons. The average molecular weight is 301 g/mol. The topological polar surface area (TPSA) is 65.9 Å². The number of hydrogen-bond donors (Lipinski definition) is 3. The van der Waals surface area contributed by atoms with Crippen molar-refractivity contribution in [3.63, 3.8) is 0 Å². The number of thiocarbonyl (C=S) groups is 1. The molecule has 2 aromatic carbocycles. The first-order chi connectivity index (χ1) is 10.2. The van der Waals surface area contributed by atoms with E-state index in [1.165, 1.54) is 0 Å². The zero-order chi connectivity index (χ0) is 15.1. The van der Waals surface area contributed by atoms with E-state index in [9.17, 15) is 5.11 Å². The van der Waals surface area contributed by atoms with Crippen LogP contribution in [0.3, 0.4) is 0 Å². The Morgan fingerprint density at radius 2 is 1.81 bits per heavy atom.